The van der Waals surface area contributed by atoms with Gasteiger partial charge in [0.05, 0.1) is 0 Å². The summed E-state index contributed by atoms with van der Waals surface area (Å²) >= 11 is 0. The van der Waals surface area contributed by atoms with Crippen LogP contribution in [0.15, 0.2) is 24.5 Å². The number of unbranched alkanes of at least 4 members (excludes halogenated alkanes) is 2. The van der Waals surface area contributed by atoms with Crippen molar-refractivity contribution in [3.8, 4) is 0 Å². The van der Waals surface area contributed by atoms with Crippen molar-refractivity contribution < 1.29 is 4.79 Å². The number of hydrogen-bond donors (Lipinski definition) is 0. The Kier molecular flexibility index (Phi) is 5.88. The highest BCUT2D eigenvalue weighted by molar-refractivity contribution is 5.77. The number of aromatic nitrogens is 1. The lowest BCUT2D eigenvalue weighted by atomic mass is 9.73. The number of amides is 1. The van der Waals surface area contributed by atoms with Crippen molar-refractivity contribution in [2.45, 2.75) is 58.4 Å². The van der Waals surface area contributed by atoms with E-state index < -0.39 is 0 Å². The van der Waals surface area contributed by atoms with Crippen molar-refractivity contribution in [3.05, 3.63) is 30.1 Å². The maximum atomic E-state index is 12.4. The summed E-state index contributed by atoms with van der Waals surface area (Å²) in [6.45, 7) is 7.58. The zero-order chi connectivity index (χ0) is 16.8. The van der Waals surface area contributed by atoms with Gasteiger partial charge in [-0.15, -0.1) is 0 Å². The fraction of sp³-hybridized carbons (Fsp3) is 0.700. The molecule has 0 bridgehead atoms. The summed E-state index contributed by atoms with van der Waals surface area (Å²) in [4.78, 5) is 21.2. The average Bonchev–Trinajstić information content (AvgIpc) is 2.60. The van der Waals surface area contributed by atoms with E-state index in [1.165, 1.54) is 57.3 Å². The first-order valence-corrected chi connectivity index (χ1v) is 9.60. The first kappa shape index (κ1) is 17.4. The summed E-state index contributed by atoms with van der Waals surface area (Å²) in [7, 11) is 0. The van der Waals surface area contributed by atoms with Gasteiger partial charge in [0.2, 0.25) is 5.91 Å². The third-order valence-corrected chi connectivity index (χ3v) is 5.69. The van der Waals surface area contributed by atoms with Crippen molar-refractivity contribution in [1.82, 2.24) is 14.8 Å². The van der Waals surface area contributed by atoms with Gasteiger partial charge in [-0.25, -0.2) is 0 Å². The van der Waals surface area contributed by atoms with Gasteiger partial charge < -0.3 is 9.80 Å². The van der Waals surface area contributed by atoms with Crippen LogP contribution in [0.5, 0.6) is 0 Å². The van der Waals surface area contributed by atoms with E-state index in [0.717, 1.165) is 19.5 Å². The predicted molar refractivity (Wildman–Crippen MR) is 96.5 cm³/mol. The molecular weight excluding hydrogens is 298 g/mol. The molecule has 2 fully saturated rings. The summed E-state index contributed by atoms with van der Waals surface area (Å²) < 4.78 is 0. The molecule has 2 saturated heterocycles. The van der Waals surface area contributed by atoms with Crippen LogP contribution in [-0.4, -0.2) is 46.9 Å². The molecule has 4 nitrogen and oxygen atoms in total. The van der Waals surface area contributed by atoms with Gasteiger partial charge in [0, 0.05) is 43.9 Å². The van der Waals surface area contributed by atoms with E-state index in [2.05, 4.69) is 21.7 Å². The minimum atomic E-state index is 0.320. The van der Waals surface area contributed by atoms with Gasteiger partial charge in [-0.1, -0.05) is 19.8 Å². The number of carbonyl (C=O) groups excluding carboxylic acids is 1. The summed E-state index contributed by atoms with van der Waals surface area (Å²) in [6.07, 6.45) is 11.9. The van der Waals surface area contributed by atoms with E-state index in [0.29, 0.717) is 17.7 Å². The second-order valence-electron chi connectivity index (χ2n) is 7.69. The Bertz CT molecular complexity index is 533. The van der Waals surface area contributed by atoms with Gasteiger partial charge in [-0.2, -0.15) is 0 Å². The van der Waals surface area contributed by atoms with Gasteiger partial charge >= 0.3 is 0 Å². The van der Waals surface area contributed by atoms with Crippen LogP contribution >= 0.6 is 0 Å². The van der Waals surface area contributed by atoms with Crippen molar-refractivity contribution in [3.63, 3.8) is 0 Å². The molecule has 1 aromatic rings. The lowest BCUT2D eigenvalue weighted by Gasteiger charge is -2.48. The van der Waals surface area contributed by atoms with Crippen molar-refractivity contribution in [2.24, 2.45) is 5.41 Å². The molecule has 1 amide bonds. The van der Waals surface area contributed by atoms with Crippen LogP contribution in [0.4, 0.5) is 0 Å². The zero-order valence-electron chi connectivity index (χ0n) is 15.0. The van der Waals surface area contributed by atoms with E-state index in [1.807, 2.05) is 24.5 Å². The zero-order valence-corrected chi connectivity index (χ0v) is 15.0. The van der Waals surface area contributed by atoms with E-state index in [-0.39, 0.29) is 0 Å². The topological polar surface area (TPSA) is 36.4 Å². The molecule has 1 aromatic heterocycles. The van der Waals surface area contributed by atoms with Gasteiger partial charge in [0.15, 0.2) is 0 Å². The maximum absolute atomic E-state index is 12.4. The Balaban J connectivity index is 1.61. The number of nitrogens with zero attached hydrogens (tertiary/aromatic N) is 3. The summed E-state index contributed by atoms with van der Waals surface area (Å²) in [5.74, 6) is 0.320. The largest absolute Gasteiger partial charge is 0.338 e. The molecule has 0 radical (unpaired) electrons. The van der Waals surface area contributed by atoms with Gasteiger partial charge in [0.1, 0.15) is 0 Å². The van der Waals surface area contributed by atoms with Gasteiger partial charge in [-0.05, 0) is 56.5 Å². The molecule has 132 valence electrons. The van der Waals surface area contributed by atoms with Crippen LogP contribution in [0, 0.1) is 5.41 Å². The Hall–Kier alpha value is -1.42. The fourth-order valence-electron chi connectivity index (χ4n) is 4.37. The Morgan fingerprint density at radius 1 is 1.17 bits per heavy atom. The molecule has 2 aliphatic rings. The third-order valence-electron chi connectivity index (χ3n) is 5.69. The molecule has 1 atom stereocenters. The molecule has 0 saturated carbocycles. The number of pyridine rings is 1. The first-order valence-electron chi connectivity index (χ1n) is 9.60. The molecule has 24 heavy (non-hydrogen) atoms. The number of rotatable bonds is 6. The molecule has 3 rings (SSSR count). The Morgan fingerprint density at radius 3 is 2.79 bits per heavy atom. The van der Waals surface area contributed by atoms with Crippen LogP contribution in [0.3, 0.4) is 0 Å². The minimum absolute atomic E-state index is 0.320. The van der Waals surface area contributed by atoms with Crippen LogP contribution in [0.1, 0.15) is 57.4 Å². The highest BCUT2D eigenvalue weighted by Gasteiger charge is 2.41. The van der Waals surface area contributed by atoms with Crippen LogP contribution in [-0.2, 0) is 11.3 Å². The average molecular weight is 329 g/mol. The molecule has 1 unspecified atom stereocenters. The van der Waals surface area contributed by atoms with E-state index in [9.17, 15) is 4.79 Å². The standard InChI is InChI=1S/C20H31N3O/c1-2-3-4-13-22-14-5-9-20(16-22)10-6-19(24)23(17-20)15-18-7-11-21-12-8-18/h7-8,11-12H,2-6,9-10,13-17H2,1H3. The molecule has 0 N–H and O–H groups in total. The van der Waals surface area contributed by atoms with E-state index in [4.69, 9.17) is 0 Å². The Morgan fingerprint density at radius 2 is 2.00 bits per heavy atom. The van der Waals surface area contributed by atoms with Gasteiger partial charge in [-0.3, -0.25) is 9.78 Å². The number of hydrogen-bond acceptors (Lipinski definition) is 3. The van der Waals surface area contributed by atoms with Crippen LogP contribution in [0.2, 0.25) is 0 Å². The molecule has 0 aliphatic carbocycles. The molecule has 0 aromatic carbocycles. The predicted octanol–water partition coefficient (Wildman–Crippen LogP) is 3.48. The van der Waals surface area contributed by atoms with Crippen LogP contribution < -0.4 is 0 Å². The summed E-state index contributed by atoms with van der Waals surface area (Å²) in [5, 5.41) is 0. The van der Waals surface area contributed by atoms with Crippen LogP contribution in [0.25, 0.3) is 0 Å². The maximum Gasteiger partial charge on any atom is 0.222 e. The molecule has 1 spiro atoms. The fourth-order valence-corrected chi connectivity index (χ4v) is 4.37. The molecule has 4 heteroatoms. The molecule has 2 aliphatic heterocycles. The van der Waals surface area contributed by atoms with Gasteiger partial charge in [0.25, 0.3) is 0 Å². The minimum Gasteiger partial charge on any atom is -0.338 e. The van der Waals surface area contributed by atoms with E-state index in [1.54, 1.807) is 0 Å². The first-order chi connectivity index (χ1) is 11.7. The summed E-state index contributed by atoms with van der Waals surface area (Å²) in [6, 6.07) is 4.04. The number of carbonyl (C=O) groups is 1. The monoisotopic (exact) mass is 329 g/mol. The normalized spacial score (nSPS) is 25.4. The third kappa shape index (κ3) is 4.35. The molecular formula is C20H31N3O. The number of piperidine rings is 2. The smallest absolute Gasteiger partial charge is 0.222 e. The quantitative estimate of drug-likeness (QED) is 0.750. The second-order valence-corrected chi connectivity index (χ2v) is 7.69. The highest BCUT2D eigenvalue weighted by Crippen LogP contribution is 2.39. The summed E-state index contributed by atoms with van der Waals surface area (Å²) in [5.41, 5.74) is 1.51. The van der Waals surface area contributed by atoms with Crippen molar-refractivity contribution in [2.75, 3.05) is 26.2 Å². The lowest BCUT2D eigenvalue weighted by Crippen LogP contribution is -2.53. The highest BCUT2D eigenvalue weighted by atomic mass is 16.2. The lowest BCUT2D eigenvalue weighted by molar-refractivity contribution is -0.140. The SMILES string of the molecule is CCCCCN1CCCC2(CCC(=O)N(Cc3ccncc3)C2)C1. The number of likely N-dealkylation sites (tertiary alicyclic amines) is 2. The van der Waals surface area contributed by atoms with Crippen molar-refractivity contribution in [1.29, 1.82) is 0 Å². The van der Waals surface area contributed by atoms with E-state index >= 15 is 0 Å². The second kappa shape index (κ2) is 8.11. The Labute approximate surface area is 146 Å². The van der Waals surface area contributed by atoms with Crippen molar-refractivity contribution >= 4 is 5.91 Å². The molecule has 3 heterocycles.